The van der Waals surface area contributed by atoms with Gasteiger partial charge in [0.25, 0.3) is 0 Å². The molecule has 0 aromatic heterocycles. The highest BCUT2D eigenvalue weighted by Crippen LogP contribution is 2.35. The molecule has 110 valence electrons. The van der Waals surface area contributed by atoms with Crippen LogP contribution in [0.2, 0.25) is 5.02 Å². The molecule has 0 aliphatic heterocycles. The molecule has 0 radical (unpaired) electrons. The van der Waals surface area contributed by atoms with Crippen molar-refractivity contribution in [2.75, 3.05) is 27.2 Å². The lowest BCUT2D eigenvalue weighted by Gasteiger charge is -2.25. The first-order valence-corrected chi connectivity index (χ1v) is 7.52. The molecule has 0 fully saturated rings. The number of hydrogen-bond donors (Lipinski definition) is 0. The Labute approximate surface area is 125 Å². The monoisotopic (exact) mass is 295 g/mol. The highest BCUT2D eigenvalue weighted by Gasteiger charge is 2.23. The van der Waals surface area contributed by atoms with Crippen LogP contribution in [0.25, 0.3) is 0 Å². The second-order valence-electron chi connectivity index (χ2n) is 5.66. The molecule has 1 aromatic rings. The summed E-state index contributed by atoms with van der Waals surface area (Å²) in [7, 11) is 3.93. The molecule has 1 aromatic carbocycles. The van der Waals surface area contributed by atoms with Crippen LogP contribution in [0.4, 0.5) is 0 Å². The average Bonchev–Trinajstić information content (AvgIpc) is 2.38. The molecule has 0 bridgehead atoms. The number of carbonyl (C=O) groups is 1. The van der Waals surface area contributed by atoms with E-state index in [4.69, 9.17) is 16.3 Å². The zero-order chi connectivity index (χ0) is 14.5. The minimum atomic E-state index is -0.0975. The number of benzene rings is 1. The van der Waals surface area contributed by atoms with Gasteiger partial charge in [0, 0.05) is 11.6 Å². The van der Waals surface area contributed by atoms with Gasteiger partial charge in [-0.1, -0.05) is 17.7 Å². The Hall–Kier alpha value is -1.06. The molecule has 1 atom stereocenters. The van der Waals surface area contributed by atoms with Gasteiger partial charge < -0.3 is 9.64 Å². The first-order chi connectivity index (χ1) is 9.56. The molecule has 1 aliphatic rings. The van der Waals surface area contributed by atoms with Gasteiger partial charge in [-0.05, 0) is 62.5 Å². The molecular formula is C16H22ClNO2. The summed E-state index contributed by atoms with van der Waals surface area (Å²) < 4.78 is 5.29. The normalized spacial score (nSPS) is 17.9. The SMILES string of the molecule is CN(C)CCOC(=O)CC1CCCc2cc(Cl)ccc21. The molecule has 0 N–H and O–H groups in total. The first kappa shape index (κ1) is 15.3. The molecule has 4 heteroatoms. The smallest absolute Gasteiger partial charge is 0.306 e. The Bertz CT molecular complexity index is 474. The topological polar surface area (TPSA) is 29.5 Å². The summed E-state index contributed by atoms with van der Waals surface area (Å²) in [5.74, 6) is 0.183. The van der Waals surface area contributed by atoms with E-state index < -0.39 is 0 Å². The van der Waals surface area contributed by atoms with Gasteiger partial charge in [0.1, 0.15) is 6.61 Å². The zero-order valence-electron chi connectivity index (χ0n) is 12.2. The Balaban J connectivity index is 1.93. The number of rotatable bonds is 5. The number of hydrogen-bond acceptors (Lipinski definition) is 3. The summed E-state index contributed by atoms with van der Waals surface area (Å²) in [6, 6.07) is 6.01. The van der Waals surface area contributed by atoms with Crippen LogP contribution in [0.15, 0.2) is 18.2 Å². The summed E-state index contributed by atoms with van der Waals surface area (Å²) in [5.41, 5.74) is 2.56. The maximum atomic E-state index is 11.9. The average molecular weight is 296 g/mol. The maximum Gasteiger partial charge on any atom is 0.306 e. The van der Waals surface area contributed by atoms with Crippen LogP contribution in [0.1, 0.15) is 36.3 Å². The largest absolute Gasteiger partial charge is 0.464 e. The third kappa shape index (κ3) is 4.22. The number of aryl methyl sites for hydroxylation is 1. The molecule has 0 saturated carbocycles. The van der Waals surface area contributed by atoms with E-state index in [2.05, 4.69) is 6.07 Å². The molecule has 0 amide bonds. The molecular weight excluding hydrogens is 274 g/mol. The number of likely N-dealkylation sites (N-methyl/N-ethyl adjacent to an activating group) is 1. The number of fused-ring (bicyclic) bond motifs is 1. The fourth-order valence-corrected chi connectivity index (χ4v) is 2.89. The van der Waals surface area contributed by atoms with Crippen LogP contribution in [-0.4, -0.2) is 38.1 Å². The Morgan fingerprint density at radius 1 is 1.45 bits per heavy atom. The van der Waals surface area contributed by atoms with Gasteiger partial charge in [0.05, 0.1) is 6.42 Å². The number of nitrogens with zero attached hydrogens (tertiary/aromatic N) is 1. The highest BCUT2D eigenvalue weighted by atomic mass is 35.5. The highest BCUT2D eigenvalue weighted by molar-refractivity contribution is 6.30. The lowest BCUT2D eigenvalue weighted by Crippen LogP contribution is -2.21. The summed E-state index contributed by atoms with van der Waals surface area (Å²) >= 11 is 6.03. The van der Waals surface area contributed by atoms with Gasteiger partial charge in [-0.15, -0.1) is 0 Å². The molecule has 1 aliphatic carbocycles. The van der Waals surface area contributed by atoms with Crippen LogP contribution in [0.3, 0.4) is 0 Å². The number of halogens is 1. The fraction of sp³-hybridized carbons (Fsp3) is 0.562. The van der Waals surface area contributed by atoms with E-state index in [1.807, 2.05) is 31.1 Å². The second kappa shape index (κ2) is 7.09. The minimum Gasteiger partial charge on any atom is -0.464 e. The standard InChI is InChI=1S/C16H22ClNO2/c1-18(2)8-9-20-16(19)11-13-5-3-4-12-10-14(17)6-7-15(12)13/h6-7,10,13H,3-5,8-9,11H2,1-2H3. The summed E-state index contributed by atoms with van der Waals surface area (Å²) in [5, 5.41) is 0.776. The maximum absolute atomic E-state index is 11.9. The zero-order valence-corrected chi connectivity index (χ0v) is 12.9. The van der Waals surface area contributed by atoms with Gasteiger partial charge in [0.2, 0.25) is 0 Å². The molecule has 2 rings (SSSR count). The molecule has 0 saturated heterocycles. The van der Waals surface area contributed by atoms with Crippen LogP contribution < -0.4 is 0 Å². The summed E-state index contributed by atoms with van der Waals surface area (Å²) in [4.78, 5) is 13.9. The van der Waals surface area contributed by atoms with Crippen molar-refractivity contribution >= 4 is 17.6 Å². The van der Waals surface area contributed by atoms with Crippen molar-refractivity contribution in [2.45, 2.75) is 31.6 Å². The predicted octanol–water partition coefficient (Wildman–Crippen LogP) is 3.25. The van der Waals surface area contributed by atoms with Crippen LogP contribution in [-0.2, 0) is 16.0 Å². The Morgan fingerprint density at radius 2 is 2.25 bits per heavy atom. The number of ether oxygens (including phenoxy) is 1. The van der Waals surface area contributed by atoms with E-state index in [0.29, 0.717) is 13.0 Å². The summed E-state index contributed by atoms with van der Waals surface area (Å²) in [6.45, 7) is 1.23. The van der Waals surface area contributed by atoms with Crippen molar-refractivity contribution in [3.05, 3.63) is 34.3 Å². The van der Waals surface area contributed by atoms with Crippen LogP contribution in [0, 0.1) is 0 Å². The van der Waals surface area contributed by atoms with Crippen LogP contribution >= 0.6 is 11.6 Å². The quantitative estimate of drug-likeness (QED) is 0.781. The van der Waals surface area contributed by atoms with E-state index in [1.165, 1.54) is 11.1 Å². The lowest BCUT2D eigenvalue weighted by atomic mass is 9.81. The minimum absolute atomic E-state index is 0.0975. The van der Waals surface area contributed by atoms with Crippen molar-refractivity contribution < 1.29 is 9.53 Å². The van der Waals surface area contributed by atoms with Crippen LogP contribution in [0.5, 0.6) is 0 Å². The van der Waals surface area contributed by atoms with Crippen molar-refractivity contribution in [3.63, 3.8) is 0 Å². The van der Waals surface area contributed by atoms with E-state index in [1.54, 1.807) is 0 Å². The van der Waals surface area contributed by atoms with Gasteiger partial charge in [-0.25, -0.2) is 0 Å². The Morgan fingerprint density at radius 3 is 3.00 bits per heavy atom. The first-order valence-electron chi connectivity index (χ1n) is 7.15. The number of carbonyl (C=O) groups excluding carboxylic acids is 1. The van der Waals surface area contributed by atoms with E-state index in [9.17, 15) is 4.79 Å². The van der Waals surface area contributed by atoms with E-state index >= 15 is 0 Å². The van der Waals surface area contributed by atoms with Gasteiger partial charge >= 0.3 is 5.97 Å². The van der Waals surface area contributed by atoms with Crippen molar-refractivity contribution in [3.8, 4) is 0 Å². The molecule has 0 heterocycles. The molecule has 0 spiro atoms. The van der Waals surface area contributed by atoms with Crippen molar-refractivity contribution in [1.29, 1.82) is 0 Å². The fourth-order valence-electron chi connectivity index (χ4n) is 2.70. The summed E-state index contributed by atoms with van der Waals surface area (Å²) in [6.07, 6.45) is 3.70. The molecule has 20 heavy (non-hydrogen) atoms. The third-order valence-corrected chi connectivity index (χ3v) is 3.99. The molecule has 1 unspecified atom stereocenters. The van der Waals surface area contributed by atoms with E-state index in [-0.39, 0.29) is 11.9 Å². The second-order valence-corrected chi connectivity index (χ2v) is 6.10. The van der Waals surface area contributed by atoms with E-state index in [0.717, 1.165) is 30.8 Å². The van der Waals surface area contributed by atoms with Gasteiger partial charge in [0.15, 0.2) is 0 Å². The third-order valence-electron chi connectivity index (χ3n) is 3.76. The molecule has 3 nitrogen and oxygen atoms in total. The lowest BCUT2D eigenvalue weighted by molar-refractivity contribution is -0.144. The number of esters is 1. The predicted molar refractivity (Wildman–Crippen MR) is 81.3 cm³/mol. The van der Waals surface area contributed by atoms with Crippen molar-refractivity contribution in [2.24, 2.45) is 0 Å². The van der Waals surface area contributed by atoms with Gasteiger partial charge in [-0.2, -0.15) is 0 Å². The van der Waals surface area contributed by atoms with Gasteiger partial charge in [-0.3, -0.25) is 4.79 Å². The Kier molecular flexibility index (Phi) is 5.44. The van der Waals surface area contributed by atoms with Crippen molar-refractivity contribution in [1.82, 2.24) is 4.90 Å².